The van der Waals surface area contributed by atoms with Crippen molar-refractivity contribution in [3.05, 3.63) is 0 Å². The number of carboxylic acids is 1. The summed E-state index contributed by atoms with van der Waals surface area (Å²) in [6.07, 6.45) is -0.979. The summed E-state index contributed by atoms with van der Waals surface area (Å²) in [5.41, 5.74) is 4.91. The highest BCUT2D eigenvalue weighted by Crippen LogP contribution is 1.86. The Morgan fingerprint density at radius 3 is 1.56 bits per heavy atom. The van der Waals surface area contributed by atoms with E-state index in [4.69, 9.17) is 31.3 Å². The third-order valence-electron chi connectivity index (χ3n) is 2.05. The van der Waals surface area contributed by atoms with Crippen LogP contribution in [0.3, 0.4) is 0 Å². The average molecular weight is 268 g/mol. The molecule has 0 fully saturated rings. The maximum absolute atomic E-state index is 9.86. The maximum Gasteiger partial charge on any atom is 0.323 e. The van der Waals surface area contributed by atoms with E-state index in [0.717, 1.165) is 0 Å². The lowest BCUT2D eigenvalue weighted by atomic mass is 10.2. The Labute approximate surface area is 106 Å². The van der Waals surface area contributed by atoms with Gasteiger partial charge in [0.1, 0.15) is 6.04 Å². The topological polar surface area (TPSA) is 147 Å². The zero-order chi connectivity index (χ0) is 14.6. The first-order valence-corrected chi connectivity index (χ1v) is 5.62. The van der Waals surface area contributed by atoms with E-state index in [9.17, 15) is 4.79 Å². The van der Waals surface area contributed by atoms with Gasteiger partial charge in [0.2, 0.25) is 0 Å². The lowest BCUT2D eigenvalue weighted by Gasteiger charge is -2.17. The number of rotatable bonds is 8. The van der Waals surface area contributed by atoms with E-state index in [2.05, 4.69) is 0 Å². The van der Waals surface area contributed by atoms with Crippen LogP contribution in [0.5, 0.6) is 0 Å². The number of aliphatic hydroxyl groups is 4. The summed E-state index contributed by atoms with van der Waals surface area (Å²) in [5.74, 6) is -1.18. The summed E-state index contributed by atoms with van der Waals surface area (Å²) < 4.78 is 0. The standard InChI is InChI=1S/C6H15NO3.C4H9NO3/c8-4-1-7(2-5-9)3-6-10;1-2(6)3(5)4(7)8/h8-10H,1-6H2;2-3,6H,5H2,1H3,(H,7,8)/t;2-,3+/m.1/s1. The molecule has 0 aromatic rings. The van der Waals surface area contributed by atoms with Crippen LogP contribution < -0.4 is 5.73 Å². The predicted octanol–water partition coefficient (Wildman–Crippen LogP) is -2.96. The van der Waals surface area contributed by atoms with E-state index in [1.165, 1.54) is 6.92 Å². The third-order valence-corrected chi connectivity index (χ3v) is 2.05. The van der Waals surface area contributed by atoms with Gasteiger partial charge in [-0.25, -0.2) is 0 Å². The maximum atomic E-state index is 9.86. The molecule has 0 radical (unpaired) electrons. The van der Waals surface area contributed by atoms with Gasteiger partial charge in [-0.2, -0.15) is 0 Å². The van der Waals surface area contributed by atoms with Gasteiger partial charge in [-0.15, -0.1) is 0 Å². The molecule has 0 saturated heterocycles. The van der Waals surface area contributed by atoms with Gasteiger partial charge in [-0.05, 0) is 6.92 Å². The van der Waals surface area contributed by atoms with Gasteiger partial charge in [0.15, 0.2) is 0 Å². The Hall–Kier alpha value is -0.770. The van der Waals surface area contributed by atoms with Gasteiger partial charge in [-0.1, -0.05) is 0 Å². The summed E-state index contributed by atoms with van der Waals surface area (Å²) in [6, 6.07) is -1.16. The molecule has 0 heterocycles. The summed E-state index contributed by atoms with van der Waals surface area (Å²) in [6.45, 7) is 3.09. The monoisotopic (exact) mass is 268 g/mol. The number of hydrogen-bond acceptors (Lipinski definition) is 7. The molecule has 0 spiro atoms. The van der Waals surface area contributed by atoms with Crippen molar-refractivity contribution in [2.45, 2.75) is 19.1 Å². The van der Waals surface area contributed by atoms with Crippen LogP contribution in [0, 0.1) is 0 Å². The van der Waals surface area contributed by atoms with Crippen LogP contribution in [0.1, 0.15) is 6.92 Å². The third kappa shape index (κ3) is 11.7. The Balaban J connectivity index is 0. The largest absolute Gasteiger partial charge is 0.480 e. The minimum atomic E-state index is -1.18. The lowest BCUT2D eigenvalue weighted by Crippen LogP contribution is -2.39. The van der Waals surface area contributed by atoms with E-state index >= 15 is 0 Å². The molecular formula is C10H24N2O6. The Morgan fingerprint density at radius 1 is 1.11 bits per heavy atom. The molecule has 0 aromatic carbocycles. The predicted molar refractivity (Wildman–Crippen MR) is 65.0 cm³/mol. The number of carbonyl (C=O) groups is 1. The molecule has 0 amide bonds. The molecule has 7 N–H and O–H groups in total. The fourth-order valence-corrected chi connectivity index (χ4v) is 0.966. The lowest BCUT2D eigenvalue weighted by molar-refractivity contribution is -0.140. The van der Waals surface area contributed by atoms with Crippen LogP contribution in [0.4, 0.5) is 0 Å². The first-order valence-electron chi connectivity index (χ1n) is 5.62. The molecule has 0 saturated carbocycles. The highest BCUT2D eigenvalue weighted by Gasteiger charge is 2.16. The molecule has 0 aliphatic heterocycles. The number of carboxylic acid groups (broad SMARTS) is 1. The first-order chi connectivity index (χ1) is 8.40. The van der Waals surface area contributed by atoms with Gasteiger partial charge < -0.3 is 31.3 Å². The summed E-state index contributed by atoms with van der Waals surface area (Å²) in [5, 5.41) is 42.0. The van der Waals surface area contributed by atoms with Crippen molar-refractivity contribution in [1.82, 2.24) is 4.90 Å². The van der Waals surface area contributed by atoms with Crippen LogP contribution in [0.25, 0.3) is 0 Å². The fraction of sp³-hybridized carbons (Fsp3) is 0.900. The summed E-state index contributed by atoms with van der Waals surface area (Å²) in [4.78, 5) is 11.6. The summed E-state index contributed by atoms with van der Waals surface area (Å²) in [7, 11) is 0. The smallest absolute Gasteiger partial charge is 0.323 e. The Bertz CT molecular complexity index is 189. The normalized spacial score (nSPS) is 13.7. The first kappa shape index (κ1) is 19.6. The SMILES string of the molecule is C[C@@H](O)[C@H](N)C(=O)O.OCCN(CCO)CCO. The van der Waals surface area contributed by atoms with Crippen LogP contribution in [-0.2, 0) is 4.79 Å². The van der Waals surface area contributed by atoms with E-state index in [1.807, 2.05) is 0 Å². The molecule has 0 unspecified atom stereocenters. The number of aliphatic carboxylic acids is 1. The highest BCUT2D eigenvalue weighted by molar-refractivity contribution is 5.73. The average Bonchev–Trinajstić information content (AvgIpc) is 2.29. The minimum absolute atomic E-state index is 0.0694. The Morgan fingerprint density at radius 2 is 1.44 bits per heavy atom. The molecule has 0 aliphatic rings. The number of hydrogen-bond donors (Lipinski definition) is 6. The van der Waals surface area contributed by atoms with Crippen molar-refractivity contribution >= 4 is 5.97 Å². The van der Waals surface area contributed by atoms with Crippen LogP contribution in [0.2, 0.25) is 0 Å². The molecule has 18 heavy (non-hydrogen) atoms. The molecule has 8 heteroatoms. The van der Waals surface area contributed by atoms with Gasteiger partial charge >= 0.3 is 5.97 Å². The molecule has 0 aliphatic carbocycles. The fourth-order valence-electron chi connectivity index (χ4n) is 0.966. The van der Waals surface area contributed by atoms with Gasteiger partial charge in [0, 0.05) is 19.6 Å². The van der Waals surface area contributed by atoms with Crippen molar-refractivity contribution in [2.24, 2.45) is 5.73 Å². The van der Waals surface area contributed by atoms with Crippen molar-refractivity contribution in [1.29, 1.82) is 0 Å². The molecule has 2 atom stereocenters. The van der Waals surface area contributed by atoms with Gasteiger partial charge in [-0.3, -0.25) is 9.69 Å². The highest BCUT2D eigenvalue weighted by atomic mass is 16.4. The van der Waals surface area contributed by atoms with Crippen molar-refractivity contribution in [2.75, 3.05) is 39.5 Å². The van der Waals surface area contributed by atoms with Gasteiger partial charge in [0.05, 0.1) is 25.9 Å². The molecular weight excluding hydrogens is 244 g/mol. The number of nitrogens with zero attached hydrogens (tertiary/aromatic N) is 1. The van der Waals surface area contributed by atoms with Crippen LogP contribution in [-0.4, -0.2) is 88.0 Å². The Kier molecular flexibility index (Phi) is 13.8. The summed E-state index contributed by atoms with van der Waals surface area (Å²) >= 11 is 0. The minimum Gasteiger partial charge on any atom is -0.480 e. The van der Waals surface area contributed by atoms with Crippen LogP contribution >= 0.6 is 0 Å². The van der Waals surface area contributed by atoms with Gasteiger partial charge in [0.25, 0.3) is 0 Å². The number of aliphatic hydroxyl groups excluding tert-OH is 4. The van der Waals surface area contributed by atoms with Crippen molar-refractivity contribution < 1.29 is 30.3 Å². The van der Waals surface area contributed by atoms with E-state index in [1.54, 1.807) is 4.90 Å². The molecule has 110 valence electrons. The van der Waals surface area contributed by atoms with Crippen molar-refractivity contribution in [3.8, 4) is 0 Å². The quantitative estimate of drug-likeness (QED) is 0.274. The second-order valence-corrected chi connectivity index (χ2v) is 3.62. The van der Waals surface area contributed by atoms with Crippen LogP contribution in [0.15, 0.2) is 0 Å². The van der Waals surface area contributed by atoms with Crippen molar-refractivity contribution in [3.63, 3.8) is 0 Å². The van der Waals surface area contributed by atoms with E-state index in [0.29, 0.717) is 19.6 Å². The van der Waals surface area contributed by atoms with E-state index in [-0.39, 0.29) is 19.8 Å². The molecule has 0 rings (SSSR count). The van der Waals surface area contributed by atoms with E-state index < -0.39 is 18.1 Å². The molecule has 0 bridgehead atoms. The molecule has 8 nitrogen and oxygen atoms in total. The second kappa shape index (κ2) is 12.7. The molecule has 0 aromatic heterocycles. The second-order valence-electron chi connectivity index (χ2n) is 3.62. The zero-order valence-electron chi connectivity index (χ0n) is 10.6. The zero-order valence-corrected chi connectivity index (χ0v) is 10.6. The number of nitrogens with two attached hydrogens (primary N) is 1.